The molecule has 4 heteroatoms. The standard InChI is InChI=1S/C16H25N3O/c1-12-8-9-13(11-19-16(17-2)18-3)15(10-12)20-14-6-4-5-7-14/h8-10,14H,4-7,11H2,1-3H3,(H2,17,18,19). The molecule has 0 heterocycles. The molecular weight excluding hydrogens is 250 g/mol. The van der Waals surface area contributed by atoms with Crippen molar-refractivity contribution in [1.82, 2.24) is 10.6 Å². The van der Waals surface area contributed by atoms with Crippen molar-refractivity contribution >= 4 is 5.96 Å². The van der Waals surface area contributed by atoms with Crippen LogP contribution in [-0.2, 0) is 6.54 Å². The van der Waals surface area contributed by atoms with Crippen LogP contribution in [0.1, 0.15) is 36.8 Å². The van der Waals surface area contributed by atoms with Gasteiger partial charge in [-0.3, -0.25) is 4.99 Å². The molecule has 2 N–H and O–H groups in total. The first-order valence-electron chi connectivity index (χ1n) is 7.37. The molecule has 0 saturated heterocycles. The summed E-state index contributed by atoms with van der Waals surface area (Å²) in [6.45, 7) is 2.82. The van der Waals surface area contributed by atoms with Gasteiger partial charge in [0.1, 0.15) is 5.75 Å². The number of aliphatic imine (C=N–C) groups is 1. The van der Waals surface area contributed by atoms with Crippen molar-refractivity contribution < 1.29 is 4.74 Å². The van der Waals surface area contributed by atoms with Crippen LogP contribution in [0.3, 0.4) is 0 Å². The third kappa shape index (κ3) is 3.89. The fourth-order valence-corrected chi connectivity index (χ4v) is 2.56. The van der Waals surface area contributed by atoms with E-state index in [2.05, 4.69) is 40.7 Å². The van der Waals surface area contributed by atoms with Crippen molar-refractivity contribution in [3.05, 3.63) is 29.3 Å². The third-order valence-corrected chi connectivity index (χ3v) is 3.73. The average molecular weight is 275 g/mol. The first-order chi connectivity index (χ1) is 9.72. The number of rotatable bonds is 4. The molecular formula is C16H25N3O. The summed E-state index contributed by atoms with van der Waals surface area (Å²) in [5.41, 5.74) is 2.42. The molecule has 1 aliphatic carbocycles. The molecule has 1 saturated carbocycles. The van der Waals surface area contributed by atoms with Crippen molar-refractivity contribution in [2.75, 3.05) is 14.1 Å². The van der Waals surface area contributed by atoms with E-state index in [0.717, 1.165) is 18.3 Å². The van der Waals surface area contributed by atoms with Gasteiger partial charge < -0.3 is 15.4 Å². The highest BCUT2D eigenvalue weighted by Crippen LogP contribution is 2.27. The molecule has 1 aromatic rings. The number of hydrogen-bond acceptors (Lipinski definition) is 2. The number of guanidine groups is 1. The minimum absolute atomic E-state index is 0.388. The highest BCUT2D eigenvalue weighted by atomic mass is 16.5. The Bertz CT molecular complexity index is 465. The van der Waals surface area contributed by atoms with Crippen LogP contribution in [0, 0.1) is 6.92 Å². The van der Waals surface area contributed by atoms with Crippen LogP contribution in [0.4, 0.5) is 0 Å². The molecule has 1 aromatic carbocycles. The fraction of sp³-hybridized carbons (Fsp3) is 0.562. The first-order valence-corrected chi connectivity index (χ1v) is 7.37. The Morgan fingerprint density at radius 2 is 2.10 bits per heavy atom. The van der Waals surface area contributed by atoms with E-state index in [1.807, 2.05) is 7.05 Å². The third-order valence-electron chi connectivity index (χ3n) is 3.73. The van der Waals surface area contributed by atoms with E-state index in [9.17, 15) is 0 Å². The Kier molecular flexibility index (Phi) is 5.27. The first kappa shape index (κ1) is 14.7. The second-order valence-corrected chi connectivity index (χ2v) is 5.31. The van der Waals surface area contributed by atoms with Gasteiger partial charge in [0.25, 0.3) is 0 Å². The maximum Gasteiger partial charge on any atom is 0.190 e. The van der Waals surface area contributed by atoms with Crippen LogP contribution in [0.15, 0.2) is 23.2 Å². The summed E-state index contributed by atoms with van der Waals surface area (Å²) in [4.78, 5) is 4.13. The largest absolute Gasteiger partial charge is 0.490 e. The Morgan fingerprint density at radius 3 is 2.75 bits per heavy atom. The lowest BCUT2D eigenvalue weighted by molar-refractivity contribution is 0.207. The monoisotopic (exact) mass is 275 g/mol. The van der Waals surface area contributed by atoms with Gasteiger partial charge in [0.2, 0.25) is 0 Å². The van der Waals surface area contributed by atoms with E-state index >= 15 is 0 Å². The highest BCUT2D eigenvalue weighted by molar-refractivity contribution is 5.79. The lowest BCUT2D eigenvalue weighted by atomic mass is 10.1. The van der Waals surface area contributed by atoms with Gasteiger partial charge in [0.05, 0.1) is 6.10 Å². The van der Waals surface area contributed by atoms with Gasteiger partial charge >= 0.3 is 0 Å². The quantitative estimate of drug-likeness (QED) is 0.656. The number of nitrogens with zero attached hydrogens (tertiary/aromatic N) is 1. The van der Waals surface area contributed by atoms with Gasteiger partial charge in [0, 0.05) is 26.2 Å². The molecule has 0 aliphatic heterocycles. The summed E-state index contributed by atoms with van der Waals surface area (Å²) >= 11 is 0. The van der Waals surface area contributed by atoms with Gasteiger partial charge in [-0.05, 0) is 44.2 Å². The van der Waals surface area contributed by atoms with E-state index in [4.69, 9.17) is 4.74 Å². The van der Waals surface area contributed by atoms with E-state index in [-0.39, 0.29) is 0 Å². The predicted octanol–water partition coefficient (Wildman–Crippen LogP) is 2.61. The number of benzene rings is 1. The molecule has 0 aromatic heterocycles. The number of ether oxygens (including phenoxy) is 1. The van der Waals surface area contributed by atoms with Crippen LogP contribution in [-0.4, -0.2) is 26.2 Å². The van der Waals surface area contributed by atoms with E-state index < -0.39 is 0 Å². The van der Waals surface area contributed by atoms with Crippen molar-refractivity contribution in [3.63, 3.8) is 0 Å². The number of nitrogens with one attached hydrogen (secondary N) is 2. The molecule has 1 aliphatic rings. The van der Waals surface area contributed by atoms with Crippen LogP contribution < -0.4 is 15.4 Å². The van der Waals surface area contributed by atoms with E-state index in [0.29, 0.717) is 6.10 Å². The lowest BCUT2D eigenvalue weighted by Gasteiger charge is -2.18. The normalized spacial score (nSPS) is 16.2. The molecule has 0 amide bonds. The summed E-state index contributed by atoms with van der Waals surface area (Å²) in [6.07, 6.45) is 5.32. The molecule has 2 rings (SSSR count). The summed E-state index contributed by atoms with van der Waals surface area (Å²) in [5, 5.41) is 6.30. The molecule has 110 valence electrons. The Balaban J connectivity index is 2.06. The summed E-state index contributed by atoms with van der Waals surface area (Å²) in [6, 6.07) is 6.40. The average Bonchev–Trinajstić information content (AvgIpc) is 2.95. The smallest absolute Gasteiger partial charge is 0.190 e. The van der Waals surface area contributed by atoms with Gasteiger partial charge in [-0.1, -0.05) is 12.1 Å². The topological polar surface area (TPSA) is 45.7 Å². The fourth-order valence-electron chi connectivity index (χ4n) is 2.56. The zero-order chi connectivity index (χ0) is 14.4. The summed E-state index contributed by atoms with van der Waals surface area (Å²) in [7, 11) is 3.63. The van der Waals surface area contributed by atoms with Crippen molar-refractivity contribution in [2.45, 2.75) is 45.3 Å². The zero-order valence-corrected chi connectivity index (χ0v) is 12.7. The minimum atomic E-state index is 0.388. The second kappa shape index (κ2) is 7.17. The SMILES string of the molecule is CN=C(NC)NCc1ccc(C)cc1OC1CCCC1. The van der Waals surface area contributed by atoms with Crippen LogP contribution in [0.5, 0.6) is 5.75 Å². The van der Waals surface area contributed by atoms with Crippen molar-refractivity contribution in [2.24, 2.45) is 4.99 Å². The van der Waals surface area contributed by atoms with Gasteiger partial charge in [-0.15, -0.1) is 0 Å². The number of aryl methyl sites for hydroxylation is 1. The molecule has 0 atom stereocenters. The molecule has 0 radical (unpaired) electrons. The maximum atomic E-state index is 6.19. The predicted molar refractivity (Wildman–Crippen MR) is 83.3 cm³/mol. The van der Waals surface area contributed by atoms with Crippen molar-refractivity contribution in [1.29, 1.82) is 0 Å². The van der Waals surface area contributed by atoms with Crippen molar-refractivity contribution in [3.8, 4) is 5.75 Å². The summed E-state index contributed by atoms with van der Waals surface area (Å²) in [5.74, 6) is 1.80. The maximum absolute atomic E-state index is 6.19. The molecule has 4 nitrogen and oxygen atoms in total. The Morgan fingerprint density at radius 1 is 1.35 bits per heavy atom. The Labute approximate surface area is 121 Å². The van der Waals surface area contributed by atoms with Crippen LogP contribution in [0.2, 0.25) is 0 Å². The van der Waals surface area contributed by atoms with Gasteiger partial charge in [-0.2, -0.15) is 0 Å². The number of hydrogen-bond donors (Lipinski definition) is 2. The van der Waals surface area contributed by atoms with Gasteiger partial charge in [-0.25, -0.2) is 0 Å². The van der Waals surface area contributed by atoms with E-state index in [1.54, 1.807) is 7.05 Å². The zero-order valence-electron chi connectivity index (χ0n) is 12.7. The van der Waals surface area contributed by atoms with E-state index in [1.165, 1.54) is 36.8 Å². The minimum Gasteiger partial charge on any atom is -0.490 e. The second-order valence-electron chi connectivity index (χ2n) is 5.31. The van der Waals surface area contributed by atoms with Crippen LogP contribution >= 0.6 is 0 Å². The molecule has 1 fully saturated rings. The molecule has 0 bridgehead atoms. The Hall–Kier alpha value is -1.71. The molecule has 0 spiro atoms. The highest BCUT2D eigenvalue weighted by Gasteiger charge is 2.18. The molecule has 0 unspecified atom stereocenters. The summed E-state index contributed by atoms with van der Waals surface area (Å²) < 4.78 is 6.19. The van der Waals surface area contributed by atoms with Gasteiger partial charge in [0.15, 0.2) is 5.96 Å². The van der Waals surface area contributed by atoms with Crippen LogP contribution in [0.25, 0.3) is 0 Å². The molecule has 20 heavy (non-hydrogen) atoms. The lowest BCUT2D eigenvalue weighted by Crippen LogP contribution is -2.34.